The summed E-state index contributed by atoms with van der Waals surface area (Å²) in [6.07, 6.45) is 1.55. The van der Waals surface area contributed by atoms with Crippen LogP contribution in [0.5, 0.6) is 11.5 Å². The Balaban J connectivity index is 1.81. The highest BCUT2D eigenvalue weighted by Gasteiger charge is 2.20. The highest BCUT2D eigenvalue weighted by molar-refractivity contribution is 5.92. The van der Waals surface area contributed by atoms with Crippen LogP contribution in [0.4, 0.5) is 11.6 Å². The first-order chi connectivity index (χ1) is 12.2. The van der Waals surface area contributed by atoms with Gasteiger partial charge in [-0.25, -0.2) is 9.97 Å². The fraction of sp³-hybridized carbons (Fsp3) is 0.353. The normalized spacial score (nSPS) is 14.1. The number of aromatic nitrogens is 2. The van der Waals surface area contributed by atoms with Crippen LogP contribution in [0.1, 0.15) is 10.5 Å². The number of rotatable bonds is 5. The fourth-order valence-corrected chi connectivity index (χ4v) is 2.50. The summed E-state index contributed by atoms with van der Waals surface area (Å²) >= 11 is 0. The van der Waals surface area contributed by atoms with E-state index in [9.17, 15) is 4.79 Å². The van der Waals surface area contributed by atoms with Crippen molar-refractivity contribution in [2.45, 2.75) is 0 Å². The van der Waals surface area contributed by atoms with Crippen LogP contribution in [0.25, 0.3) is 0 Å². The molecular weight excluding hydrogens is 324 g/mol. The summed E-state index contributed by atoms with van der Waals surface area (Å²) in [5.41, 5.74) is 0.985. The van der Waals surface area contributed by atoms with Gasteiger partial charge in [-0.3, -0.25) is 4.79 Å². The maximum atomic E-state index is 12.5. The molecule has 0 spiro atoms. The second-order valence-electron chi connectivity index (χ2n) is 5.36. The van der Waals surface area contributed by atoms with Gasteiger partial charge in [-0.05, 0) is 18.2 Å². The van der Waals surface area contributed by atoms with E-state index in [0.29, 0.717) is 55.1 Å². The Morgan fingerprint density at radius 2 is 2.00 bits per heavy atom. The summed E-state index contributed by atoms with van der Waals surface area (Å²) < 4.78 is 15.8. The zero-order valence-electron chi connectivity index (χ0n) is 14.2. The van der Waals surface area contributed by atoms with Gasteiger partial charge >= 0.3 is 0 Å². The van der Waals surface area contributed by atoms with E-state index in [2.05, 4.69) is 15.3 Å². The highest BCUT2D eigenvalue weighted by atomic mass is 16.5. The van der Waals surface area contributed by atoms with Crippen molar-refractivity contribution >= 4 is 17.5 Å². The molecule has 0 radical (unpaired) electrons. The molecule has 132 valence electrons. The van der Waals surface area contributed by atoms with Gasteiger partial charge in [0.15, 0.2) is 0 Å². The lowest BCUT2D eigenvalue weighted by atomic mass is 10.2. The Kier molecular flexibility index (Phi) is 5.30. The molecule has 25 heavy (non-hydrogen) atoms. The molecule has 2 heterocycles. The number of morpholine rings is 1. The summed E-state index contributed by atoms with van der Waals surface area (Å²) in [6, 6.07) is 6.96. The van der Waals surface area contributed by atoms with Crippen LogP contribution < -0.4 is 14.8 Å². The molecule has 1 aromatic heterocycles. The minimum absolute atomic E-state index is 0.133. The predicted molar refractivity (Wildman–Crippen MR) is 91.6 cm³/mol. The second kappa shape index (κ2) is 7.80. The zero-order valence-corrected chi connectivity index (χ0v) is 14.2. The molecule has 2 aromatic rings. The minimum Gasteiger partial charge on any atom is -0.497 e. The smallest absolute Gasteiger partial charge is 0.272 e. The summed E-state index contributed by atoms with van der Waals surface area (Å²) in [5.74, 6) is 1.47. The first kappa shape index (κ1) is 17.0. The van der Waals surface area contributed by atoms with Gasteiger partial charge in [0.05, 0.1) is 33.1 Å². The average Bonchev–Trinajstić information content (AvgIpc) is 2.68. The van der Waals surface area contributed by atoms with E-state index in [0.717, 1.165) is 0 Å². The predicted octanol–water partition coefficient (Wildman–Crippen LogP) is 1.71. The van der Waals surface area contributed by atoms with E-state index < -0.39 is 0 Å². The molecule has 1 aliphatic heterocycles. The van der Waals surface area contributed by atoms with Gasteiger partial charge in [0, 0.05) is 25.4 Å². The molecule has 1 fully saturated rings. The number of carbonyl (C=O) groups excluding carboxylic acids is 1. The SMILES string of the molecule is COc1ccc(OC)c(Nc2nccc(C(=O)N3CCOCC3)n2)c1. The summed E-state index contributed by atoms with van der Waals surface area (Å²) in [5, 5.41) is 3.07. The van der Waals surface area contributed by atoms with Crippen molar-refractivity contribution in [3.8, 4) is 11.5 Å². The molecule has 0 saturated carbocycles. The van der Waals surface area contributed by atoms with Crippen molar-refractivity contribution < 1.29 is 19.0 Å². The first-order valence-electron chi connectivity index (χ1n) is 7.90. The van der Waals surface area contributed by atoms with E-state index in [4.69, 9.17) is 14.2 Å². The topological polar surface area (TPSA) is 85.8 Å². The molecule has 1 amide bonds. The number of methoxy groups -OCH3 is 2. The quantitative estimate of drug-likeness (QED) is 0.883. The molecule has 1 N–H and O–H groups in total. The van der Waals surface area contributed by atoms with Crippen molar-refractivity contribution in [2.75, 3.05) is 45.8 Å². The molecule has 0 aliphatic carbocycles. The average molecular weight is 344 g/mol. The lowest BCUT2D eigenvalue weighted by Gasteiger charge is -2.26. The maximum absolute atomic E-state index is 12.5. The van der Waals surface area contributed by atoms with Crippen LogP contribution in [-0.4, -0.2) is 61.3 Å². The number of benzene rings is 1. The van der Waals surface area contributed by atoms with Gasteiger partial charge in [0.2, 0.25) is 5.95 Å². The number of ether oxygens (including phenoxy) is 3. The third-order valence-electron chi connectivity index (χ3n) is 3.83. The number of nitrogens with zero attached hydrogens (tertiary/aromatic N) is 3. The Bertz CT molecular complexity index is 747. The van der Waals surface area contributed by atoms with Crippen LogP contribution in [0.3, 0.4) is 0 Å². The van der Waals surface area contributed by atoms with Crippen LogP contribution in [0, 0.1) is 0 Å². The number of nitrogens with one attached hydrogen (secondary N) is 1. The molecule has 8 nitrogen and oxygen atoms in total. The van der Waals surface area contributed by atoms with Crippen molar-refractivity contribution in [1.82, 2.24) is 14.9 Å². The van der Waals surface area contributed by atoms with E-state index in [1.54, 1.807) is 49.6 Å². The number of anilines is 2. The number of amides is 1. The standard InChI is InChI=1S/C17H20N4O4/c1-23-12-3-4-15(24-2)14(11-12)20-17-18-6-5-13(19-17)16(22)21-7-9-25-10-8-21/h3-6,11H,7-10H2,1-2H3,(H,18,19,20). The van der Waals surface area contributed by atoms with Gasteiger partial charge < -0.3 is 24.4 Å². The van der Waals surface area contributed by atoms with Gasteiger partial charge in [-0.2, -0.15) is 0 Å². The van der Waals surface area contributed by atoms with Crippen molar-refractivity contribution in [3.05, 3.63) is 36.2 Å². The highest BCUT2D eigenvalue weighted by Crippen LogP contribution is 2.30. The van der Waals surface area contributed by atoms with Gasteiger partial charge in [-0.15, -0.1) is 0 Å². The molecule has 0 bridgehead atoms. The maximum Gasteiger partial charge on any atom is 0.272 e. The van der Waals surface area contributed by atoms with Crippen molar-refractivity contribution in [1.29, 1.82) is 0 Å². The molecule has 1 saturated heterocycles. The van der Waals surface area contributed by atoms with E-state index in [-0.39, 0.29) is 5.91 Å². The van der Waals surface area contributed by atoms with Crippen LogP contribution in [-0.2, 0) is 4.74 Å². The largest absolute Gasteiger partial charge is 0.497 e. The Morgan fingerprint density at radius 1 is 1.20 bits per heavy atom. The van der Waals surface area contributed by atoms with E-state index in [1.165, 1.54) is 0 Å². The molecule has 8 heteroatoms. The number of hydrogen-bond donors (Lipinski definition) is 1. The second-order valence-corrected chi connectivity index (χ2v) is 5.36. The van der Waals surface area contributed by atoms with E-state index in [1.807, 2.05) is 0 Å². The van der Waals surface area contributed by atoms with Crippen molar-refractivity contribution in [3.63, 3.8) is 0 Å². The fourth-order valence-electron chi connectivity index (χ4n) is 2.50. The Hall–Kier alpha value is -2.87. The first-order valence-corrected chi connectivity index (χ1v) is 7.90. The lowest BCUT2D eigenvalue weighted by Crippen LogP contribution is -2.41. The van der Waals surface area contributed by atoms with Gasteiger partial charge in [-0.1, -0.05) is 0 Å². The van der Waals surface area contributed by atoms with Crippen LogP contribution in [0.2, 0.25) is 0 Å². The minimum atomic E-state index is -0.133. The Morgan fingerprint density at radius 3 is 2.72 bits per heavy atom. The third-order valence-corrected chi connectivity index (χ3v) is 3.83. The number of carbonyl (C=O) groups is 1. The molecule has 0 unspecified atom stereocenters. The van der Waals surface area contributed by atoms with Gasteiger partial charge in [0.25, 0.3) is 5.91 Å². The lowest BCUT2D eigenvalue weighted by molar-refractivity contribution is 0.0299. The molecule has 0 atom stereocenters. The summed E-state index contributed by atoms with van der Waals surface area (Å²) in [4.78, 5) is 22.8. The Labute approximate surface area is 145 Å². The molecular formula is C17H20N4O4. The summed E-state index contributed by atoms with van der Waals surface area (Å²) in [6.45, 7) is 2.22. The van der Waals surface area contributed by atoms with Crippen molar-refractivity contribution in [2.24, 2.45) is 0 Å². The third kappa shape index (κ3) is 3.97. The van der Waals surface area contributed by atoms with Crippen LogP contribution in [0.15, 0.2) is 30.5 Å². The zero-order chi connectivity index (χ0) is 17.6. The monoisotopic (exact) mass is 344 g/mol. The van der Waals surface area contributed by atoms with Gasteiger partial charge in [0.1, 0.15) is 17.2 Å². The summed E-state index contributed by atoms with van der Waals surface area (Å²) in [7, 11) is 3.16. The molecule has 3 rings (SSSR count). The van der Waals surface area contributed by atoms with Crippen LogP contribution >= 0.6 is 0 Å². The van der Waals surface area contributed by atoms with E-state index >= 15 is 0 Å². The molecule has 1 aromatic carbocycles. The molecule has 1 aliphatic rings. The number of hydrogen-bond acceptors (Lipinski definition) is 7.